The van der Waals surface area contributed by atoms with E-state index in [0.717, 1.165) is 42.8 Å². The number of hydrogen-bond acceptors (Lipinski definition) is 4. The number of rotatable bonds is 3. The monoisotopic (exact) mass is 339 g/mol. The summed E-state index contributed by atoms with van der Waals surface area (Å²) < 4.78 is 1.63. The van der Waals surface area contributed by atoms with Gasteiger partial charge in [0.15, 0.2) is 0 Å². The van der Waals surface area contributed by atoms with Gasteiger partial charge in [-0.25, -0.2) is 4.98 Å². The van der Waals surface area contributed by atoms with Crippen LogP contribution in [-0.4, -0.2) is 20.8 Å². The molecule has 1 aliphatic rings. The molecule has 0 saturated carbocycles. The minimum atomic E-state index is -0.0000183. The number of nitrogens with zero attached hydrogens (tertiary/aromatic N) is 3. The topological polar surface area (TPSA) is 37.6 Å². The molecule has 124 valence electrons. The van der Waals surface area contributed by atoms with Crippen LogP contribution in [0.3, 0.4) is 0 Å². The van der Waals surface area contributed by atoms with Crippen LogP contribution in [0.2, 0.25) is 0 Å². The van der Waals surface area contributed by atoms with Gasteiger partial charge in [-0.3, -0.25) is 14.1 Å². The lowest BCUT2D eigenvalue weighted by Gasteiger charge is -2.35. The molecule has 3 aromatic rings. The lowest BCUT2D eigenvalue weighted by Crippen LogP contribution is -2.34. The van der Waals surface area contributed by atoms with E-state index in [2.05, 4.69) is 23.3 Å². The largest absolute Gasteiger partial charge is 0.290 e. The van der Waals surface area contributed by atoms with Gasteiger partial charge < -0.3 is 0 Å². The standard InChI is InChI=1S/C19H21N3OS/c1-3-16-15-7-10-24-17(15)6-9-21(16)12-14-11-18(23)22-8-4-5-13(2)19(22)20-14/h4-5,7-8,10-11,16H,3,6,9,12H2,1-2H3/t16-/m0/s1. The van der Waals surface area contributed by atoms with Gasteiger partial charge in [0, 0.05) is 36.3 Å². The summed E-state index contributed by atoms with van der Waals surface area (Å²) in [4.78, 5) is 21.2. The fourth-order valence-corrected chi connectivity index (χ4v) is 4.64. The van der Waals surface area contributed by atoms with Crippen LogP contribution in [0.15, 0.2) is 40.6 Å². The maximum Gasteiger partial charge on any atom is 0.258 e. The zero-order valence-corrected chi connectivity index (χ0v) is 14.8. The summed E-state index contributed by atoms with van der Waals surface area (Å²) in [5.74, 6) is 0. The summed E-state index contributed by atoms with van der Waals surface area (Å²) in [5, 5.41) is 2.20. The van der Waals surface area contributed by atoms with Gasteiger partial charge in [-0.1, -0.05) is 13.0 Å². The van der Waals surface area contributed by atoms with Crippen LogP contribution in [0.5, 0.6) is 0 Å². The Kier molecular flexibility index (Phi) is 3.98. The number of pyridine rings is 1. The fourth-order valence-electron chi connectivity index (χ4n) is 3.71. The Morgan fingerprint density at radius 2 is 2.25 bits per heavy atom. The number of aryl methyl sites for hydroxylation is 1. The molecule has 0 saturated heterocycles. The molecular weight excluding hydrogens is 318 g/mol. The molecule has 0 bridgehead atoms. The summed E-state index contributed by atoms with van der Waals surface area (Å²) in [6.07, 6.45) is 3.96. The smallest absolute Gasteiger partial charge is 0.258 e. The molecular formula is C19H21N3OS. The van der Waals surface area contributed by atoms with Crippen molar-refractivity contribution in [1.29, 1.82) is 0 Å². The minimum Gasteiger partial charge on any atom is -0.290 e. The van der Waals surface area contributed by atoms with Gasteiger partial charge in [-0.2, -0.15) is 0 Å². The van der Waals surface area contributed by atoms with Crippen molar-refractivity contribution in [3.8, 4) is 0 Å². The zero-order chi connectivity index (χ0) is 16.7. The maximum atomic E-state index is 12.4. The summed E-state index contributed by atoms with van der Waals surface area (Å²) in [6.45, 7) is 5.99. The quantitative estimate of drug-likeness (QED) is 0.732. The minimum absolute atomic E-state index is 0.0000183. The van der Waals surface area contributed by atoms with Crippen molar-refractivity contribution in [2.45, 2.75) is 39.3 Å². The molecule has 0 aromatic carbocycles. The molecule has 5 heteroatoms. The highest BCUT2D eigenvalue weighted by Gasteiger charge is 2.27. The molecule has 1 atom stereocenters. The van der Waals surface area contributed by atoms with Gasteiger partial charge in [0.05, 0.1) is 5.69 Å². The second kappa shape index (κ2) is 6.15. The highest BCUT2D eigenvalue weighted by Crippen LogP contribution is 2.35. The molecule has 0 spiro atoms. The van der Waals surface area contributed by atoms with E-state index in [9.17, 15) is 4.79 Å². The zero-order valence-electron chi connectivity index (χ0n) is 14.0. The molecule has 0 unspecified atom stereocenters. The molecule has 0 amide bonds. The number of hydrogen-bond donors (Lipinski definition) is 0. The first-order valence-electron chi connectivity index (χ1n) is 8.45. The normalized spacial score (nSPS) is 18.0. The van der Waals surface area contributed by atoms with Gasteiger partial charge in [0.2, 0.25) is 0 Å². The molecule has 0 N–H and O–H groups in total. The van der Waals surface area contributed by atoms with Crippen LogP contribution in [0, 0.1) is 6.92 Å². The second-order valence-electron chi connectivity index (χ2n) is 6.41. The van der Waals surface area contributed by atoms with Gasteiger partial charge in [0.1, 0.15) is 5.65 Å². The van der Waals surface area contributed by atoms with Crippen molar-refractivity contribution in [1.82, 2.24) is 14.3 Å². The Morgan fingerprint density at radius 1 is 1.38 bits per heavy atom. The number of aromatic nitrogens is 2. The third-order valence-electron chi connectivity index (χ3n) is 4.90. The maximum absolute atomic E-state index is 12.4. The Balaban J connectivity index is 1.70. The Hall–Kier alpha value is -1.98. The Morgan fingerprint density at radius 3 is 3.08 bits per heavy atom. The SMILES string of the molecule is CC[C@H]1c2ccsc2CCN1Cc1cc(=O)n2cccc(C)c2n1. The van der Waals surface area contributed by atoms with Crippen LogP contribution in [0.1, 0.15) is 41.1 Å². The fraction of sp³-hybridized carbons (Fsp3) is 0.368. The van der Waals surface area contributed by atoms with Crippen LogP contribution in [-0.2, 0) is 13.0 Å². The molecule has 4 nitrogen and oxygen atoms in total. The molecule has 0 radical (unpaired) electrons. The Bertz CT molecular complexity index is 943. The summed E-state index contributed by atoms with van der Waals surface area (Å²) in [7, 11) is 0. The van der Waals surface area contributed by atoms with Crippen molar-refractivity contribution < 1.29 is 0 Å². The molecule has 0 aliphatic carbocycles. The highest BCUT2D eigenvalue weighted by molar-refractivity contribution is 7.10. The van der Waals surface area contributed by atoms with Crippen molar-refractivity contribution in [3.05, 3.63) is 67.9 Å². The van der Waals surface area contributed by atoms with E-state index in [-0.39, 0.29) is 5.56 Å². The van der Waals surface area contributed by atoms with E-state index in [0.29, 0.717) is 6.04 Å². The first-order chi connectivity index (χ1) is 11.7. The number of fused-ring (bicyclic) bond motifs is 2. The predicted molar refractivity (Wildman–Crippen MR) is 97.7 cm³/mol. The average molecular weight is 339 g/mol. The first kappa shape index (κ1) is 15.5. The van der Waals surface area contributed by atoms with Crippen molar-refractivity contribution >= 4 is 17.0 Å². The third kappa shape index (κ3) is 2.58. The van der Waals surface area contributed by atoms with E-state index in [4.69, 9.17) is 4.98 Å². The van der Waals surface area contributed by atoms with E-state index < -0.39 is 0 Å². The first-order valence-corrected chi connectivity index (χ1v) is 9.33. The van der Waals surface area contributed by atoms with Crippen LogP contribution >= 0.6 is 11.3 Å². The van der Waals surface area contributed by atoms with Crippen molar-refractivity contribution in [2.24, 2.45) is 0 Å². The predicted octanol–water partition coefficient (Wildman–Crippen LogP) is 3.57. The molecule has 24 heavy (non-hydrogen) atoms. The molecule has 3 aromatic heterocycles. The van der Waals surface area contributed by atoms with Gasteiger partial charge in [-0.15, -0.1) is 11.3 Å². The average Bonchev–Trinajstić information content (AvgIpc) is 3.04. The molecule has 1 aliphatic heterocycles. The molecule has 4 heterocycles. The highest BCUT2D eigenvalue weighted by atomic mass is 32.1. The lowest BCUT2D eigenvalue weighted by atomic mass is 9.97. The number of thiophene rings is 1. The van der Waals surface area contributed by atoms with E-state index in [1.54, 1.807) is 16.7 Å². The van der Waals surface area contributed by atoms with Gasteiger partial charge >= 0.3 is 0 Å². The van der Waals surface area contributed by atoms with Gasteiger partial charge in [0.25, 0.3) is 5.56 Å². The van der Waals surface area contributed by atoms with Crippen LogP contribution in [0.25, 0.3) is 5.65 Å². The van der Waals surface area contributed by atoms with E-state index in [1.165, 1.54) is 10.4 Å². The van der Waals surface area contributed by atoms with E-state index >= 15 is 0 Å². The summed E-state index contributed by atoms with van der Waals surface area (Å²) in [6, 6.07) is 8.26. The summed E-state index contributed by atoms with van der Waals surface area (Å²) in [5.41, 5.74) is 4.12. The van der Waals surface area contributed by atoms with Crippen LogP contribution in [0.4, 0.5) is 0 Å². The van der Waals surface area contributed by atoms with Crippen LogP contribution < -0.4 is 5.56 Å². The molecule has 4 rings (SSSR count). The van der Waals surface area contributed by atoms with Gasteiger partial charge in [-0.05, 0) is 48.4 Å². The summed E-state index contributed by atoms with van der Waals surface area (Å²) >= 11 is 1.86. The van der Waals surface area contributed by atoms with Crippen molar-refractivity contribution in [2.75, 3.05) is 6.54 Å². The second-order valence-corrected chi connectivity index (χ2v) is 7.41. The van der Waals surface area contributed by atoms with Crippen molar-refractivity contribution in [3.63, 3.8) is 0 Å². The third-order valence-corrected chi connectivity index (χ3v) is 5.89. The molecule has 0 fully saturated rings. The Labute approximate surface area is 145 Å². The van der Waals surface area contributed by atoms with E-state index in [1.807, 2.05) is 30.4 Å². The lowest BCUT2D eigenvalue weighted by molar-refractivity contribution is 0.171.